The molecular weight excluding hydrogens is 450 g/mol. The highest BCUT2D eigenvalue weighted by molar-refractivity contribution is 6.30. The first-order chi connectivity index (χ1) is 16.4. The van der Waals surface area contributed by atoms with Gasteiger partial charge in [0.2, 0.25) is 0 Å². The molecule has 5 nitrogen and oxygen atoms in total. The van der Waals surface area contributed by atoms with E-state index in [1.165, 1.54) is 0 Å². The summed E-state index contributed by atoms with van der Waals surface area (Å²) < 4.78 is 12.5. The lowest BCUT2D eigenvalue weighted by Gasteiger charge is -2.08. The molecule has 3 aromatic carbocycles. The molecule has 4 aromatic rings. The minimum Gasteiger partial charge on any atom is -0.497 e. The van der Waals surface area contributed by atoms with Crippen LogP contribution in [0.4, 0.5) is 0 Å². The highest BCUT2D eigenvalue weighted by atomic mass is 35.5. The first kappa shape index (κ1) is 23.3. The standard InChI is InChI=1S/C28H24ClNO4/c1-4-19-5-7-20(8-6-19)17-34-27(31)16-24-18(2)30(26-14-13-23(33-3)15-25(24)26)28(32)21-9-11-22(29)12-10-21/h4-15H,1,16-17H2,2-3H3. The second-order valence-electron chi connectivity index (χ2n) is 7.88. The van der Waals surface area contributed by atoms with Crippen molar-refractivity contribution in [3.05, 3.63) is 106 Å². The second-order valence-corrected chi connectivity index (χ2v) is 8.31. The molecule has 0 aliphatic carbocycles. The number of methoxy groups -OCH3 is 1. The Morgan fingerprint density at radius 2 is 1.74 bits per heavy atom. The Morgan fingerprint density at radius 3 is 2.38 bits per heavy atom. The quantitative estimate of drug-likeness (QED) is 0.298. The Balaban J connectivity index is 1.65. The Labute approximate surface area is 203 Å². The third-order valence-corrected chi connectivity index (χ3v) is 6.02. The molecule has 0 saturated heterocycles. The third kappa shape index (κ3) is 4.75. The van der Waals surface area contributed by atoms with Crippen molar-refractivity contribution < 1.29 is 19.1 Å². The molecule has 1 aromatic heterocycles. The van der Waals surface area contributed by atoms with E-state index in [2.05, 4.69) is 6.58 Å². The van der Waals surface area contributed by atoms with E-state index in [0.29, 0.717) is 27.5 Å². The summed E-state index contributed by atoms with van der Waals surface area (Å²) in [5.41, 5.74) is 4.48. The zero-order valence-electron chi connectivity index (χ0n) is 19.0. The van der Waals surface area contributed by atoms with Gasteiger partial charge in [-0.25, -0.2) is 0 Å². The van der Waals surface area contributed by atoms with Gasteiger partial charge >= 0.3 is 5.97 Å². The molecule has 0 aliphatic heterocycles. The van der Waals surface area contributed by atoms with Gasteiger partial charge in [-0.2, -0.15) is 0 Å². The van der Waals surface area contributed by atoms with Crippen molar-refractivity contribution >= 4 is 40.5 Å². The lowest BCUT2D eigenvalue weighted by atomic mass is 10.1. The maximum absolute atomic E-state index is 13.4. The van der Waals surface area contributed by atoms with Crippen LogP contribution in [-0.2, 0) is 22.6 Å². The minimum absolute atomic E-state index is 0.0289. The number of carbonyl (C=O) groups excluding carboxylic acids is 2. The van der Waals surface area contributed by atoms with Crippen LogP contribution < -0.4 is 4.74 Å². The van der Waals surface area contributed by atoms with Crippen LogP contribution in [0.2, 0.25) is 5.02 Å². The summed E-state index contributed by atoms with van der Waals surface area (Å²) in [6, 6.07) is 19.8. The van der Waals surface area contributed by atoms with E-state index in [1.54, 1.807) is 48.1 Å². The molecule has 4 rings (SSSR count). The van der Waals surface area contributed by atoms with E-state index in [1.807, 2.05) is 43.3 Å². The molecule has 0 saturated carbocycles. The van der Waals surface area contributed by atoms with Crippen LogP contribution in [-0.4, -0.2) is 23.6 Å². The molecule has 6 heteroatoms. The number of fused-ring (bicyclic) bond motifs is 1. The maximum atomic E-state index is 13.4. The summed E-state index contributed by atoms with van der Waals surface area (Å²) in [5, 5.41) is 1.32. The van der Waals surface area contributed by atoms with Crippen molar-refractivity contribution in [1.82, 2.24) is 4.57 Å². The third-order valence-electron chi connectivity index (χ3n) is 5.77. The Hall–Kier alpha value is -3.83. The lowest BCUT2D eigenvalue weighted by molar-refractivity contribution is -0.144. The Kier molecular flexibility index (Phi) is 6.85. The van der Waals surface area contributed by atoms with Gasteiger partial charge in [0.15, 0.2) is 0 Å². The normalized spacial score (nSPS) is 10.8. The summed E-state index contributed by atoms with van der Waals surface area (Å²) in [4.78, 5) is 26.1. The topological polar surface area (TPSA) is 57.5 Å². The predicted molar refractivity (Wildman–Crippen MR) is 134 cm³/mol. The van der Waals surface area contributed by atoms with Crippen molar-refractivity contribution in [3.8, 4) is 5.75 Å². The minimum atomic E-state index is -0.378. The van der Waals surface area contributed by atoms with E-state index >= 15 is 0 Å². The van der Waals surface area contributed by atoms with Gasteiger partial charge in [0, 0.05) is 21.7 Å². The SMILES string of the molecule is C=Cc1ccc(COC(=O)Cc2c(C)n(C(=O)c3ccc(Cl)cc3)c3ccc(OC)cc23)cc1. The number of carbonyl (C=O) groups is 2. The Bertz CT molecular complexity index is 1370. The molecule has 172 valence electrons. The van der Waals surface area contributed by atoms with Gasteiger partial charge in [-0.05, 0) is 66.1 Å². The van der Waals surface area contributed by atoms with Crippen molar-refractivity contribution in [2.75, 3.05) is 7.11 Å². The van der Waals surface area contributed by atoms with Crippen LogP contribution in [0.3, 0.4) is 0 Å². The molecule has 0 fully saturated rings. The van der Waals surface area contributed by atoms with E-state index in [0.717, 1.165) is 22.1 Å². The van der Waals surface area contributed by atoms with Crippen LogP contribution in [0.1, 0.15) is 32.7 Å². The average molecular weight is 474 g/mol. The lowest BCUT2D eigenvalue weighted by Crippen LogP contribution is -2.14. The van der Waals surface area contributed by atoms with E-state index in [4.69, 9.17) is 21.1 Å². The highest BCUT2D eigenvalue weighted by Gasteiger charge is 2.22. The molecular formula is C28H24ClNO4. The van der Waals surface area contributed by atoms with Gasteiger partial charge < -0.3 is 9.47 Å². The average Bonchev–Trinajstić information content (AvgIpc) is 3.13. The number of hydrogen-bond acceptors (Lipinski definition) is 4. The number of benzene rings is 3. The fourth-order valence-corrected chi connectivity index (χ4v) is 4.03. The number of nitrogens with zero attached hydrogens (tertiary/aromatic N) is 1. The van der Waals surface area contributed by atoms with Crippen LogP contribution in [0.15, 0.2) is 73.3 Å². The predicted octanol–water partition coefficient (Wildman–Crippen LogP) is 6.23. The Morgan fingerprint density at radius 1 is 1.03 bits per heavy atom. The monoisotopic (exact) mass is 473 g/mol. The van der Waals surface area contributed by atoms with E-state index in [-0.39, 0.29) is 24.9 Å². The van der Waals surface area contributed by atoms with Crippen molar-refractivity contribution in [1.29, 1.82) is 0 Å². The van der Waals surface area contributed by atoms with E-state index in [9.17, 15) is 9.59 Å². The zero-order chi connectivity index (χ0) is 24.2. The first-order valence-electron chi connectivity index (χ1n) is 10.8. The van der Waals surface area contributed by atoms with Crippen LogP contribution in [0, 0.1) is 6.92 Å². The molecule has 0 atom stereocenters. The number of aromatic nitrogens is 1. The van der Waals surface area contributed by atoms with Crippen LogP contribution in [0.25, 0.3) is 17.0 Å². The van der Waals surface area contributed by atoms with Gasteiger partial charge in [-0.15, -0.1) is 0 Å². The molecule has 0 N–H and O–H groups in total. The van der Waals surface area contributed by atoms with Crippen LogP contribution >= 0.6 is 11.6 Å². The largest absolute Gasteiger partial charge is 0.497 e. The maximum Gasteiger partial charge on any atom is 0.310 e. The molecule has 34 heavy (non-hydrogen) atoms. The number of hydrogen-bond donors (Lipinski definition) is 0. The highest BCUT2D eigenvalue weighted by Crippen LogP contribution is 2.31. The molecule has 0 amide bonds. The zero-order valence-corrected chi connectivity index (χ0v) is 19.8. The van der Waals surface area contributed by atoms with Gasteiger partial charge in [0.05, 0.1) is 19.0 Å². The van der Waals surface area contributed by atoms with Gasteiger partial charge in [-0.1, -0.05) is 48.5 Å². The summed E-state index contributed by atoms with van der Waals surface area (Å²) in [7, 11) is 1.58. The fraction of sp³-hybridized carbons (Fsp3) is 0.143. The summed E-state index contributed by atoms with van der Waals surface area (Å²) in [6.45, 7) is 5.74. The van der Waals surface area contributed by atoms with Crippen molar-refractivity contribution in [2.45, 2.75) is 20.0 Å². The number of ether oxygens (including phenoxy) is 2. The molecule has 0 unspecified atom stereocenters. The number of esters is 1. The van der Waals surface area contributed by atoms with Gasteiger partial charge in [-0.3, -0.25) is 14.2 Å². The first-order valence-corrected chi connectivity index (χ1v) is 11.1. The molecule has 0 radical (unpaired) electrons. The summed E-state index contributed by atoms with van der Waals surface area (Å²) in [6.07, 6.45) is 1.79. The molecule has 0 spiro atoms. The fourth-order valence-electron chi connectivity index (χ4n) is 3.90. The number of halogens is 1. The van der Waals surface area contributed by atoms with Crippen LogP contribution in [0.5, 0.6) is 5.75 Å². The van der Waals surface area contributed by atoms with Gasteiger partial charge in [0.25, 0.3) is 5.91 Å². The second kappa shape index (κ2) is 9.98. The smallest absolute Gasteiger partial charge is 0.310 e. The molecule has 1 heterocycles. The number of rotatable bonds is 7. The van der Waals surface area contributed by atoms with Crippen molar-refractivity contribution in [2.24, 2.45) is 0 Å². The summed E-state index contributed by atoms with van der Waals surface area (Å²) in [5.74, 6) is 0.0588. The van der Waals surface area contributed by atoms with E-state index < -0.39 is 0 Å². The van der Waals surface area contributed by atoms with Gasteiger partial charge in [0.1, 0.15) is 12.4 Å². The molecule has 0 aliphatic rings. The summed E-state index contributed by atoms with van der Waals surface area (Å²) >= 11 is 5.98. The van der Waals surface area contributed by atoms with Crippen molar-refractivity contribution in [3.63, 3.8) is 0 Å². The molecule has 0 bridgehead atoms.